The summed E-state index contributed by atoms with van der Waals surface area (Å²) in [6, 6.07) is 1.85. The van der Waals surface area contributed by atoms with Crippen molar-refractivity contribution < 1.29 is 13.6 Å². The fourth-order valence-electron chi connectivity index (χ4n) is 0.985. The topological polar surface area (TPSA) is 17.1 Å². The highest BCUT2D eigenvalue weighted by atomic mass is 35.5. The second kappa shape index (κ2) is 3.83. The minimum Gasteiger partial charge on any atom is -0.294 e. The van der Waals surface area contributed by atoms with E-state index in [-0.39, 0.29) is 11.4 Å². The van der Waals surface area contributed by atoms with Crippen molar-refractivity contribution in [3.05, 3.63) is 34.4 Å². The Morgan fingerprint density at radius 1 is 1.38 bits per heavy atom. The van der Waals surface area contributed by atoms with E-state index in [1.54, 1.807) is 0 Å². The Balaban J connectivity index is 3.28. The summed E-state index contributed by atoms with van der Waals surface area (Å²) in [4.78, 5) is 11.0. The minimum absolute atomic E-state index is 0.0531. The fourth-order valence-corrected chi connectivity index (χ4v) is 1.18. The second-order valence-electron chi connectivity index (χ2n) is 2.52. The summed E-state index contributed by atoms with van der Waals surface area (Å²) < 4.78 is 26.0. The molecule has 0 bridgehead atoms. The van der Waals surface area contributed by atoms with E-state index in [1.807, 2.05) is 0 Å². The first-order chi connectivity index (χ1) is 6.06. The van der Waals surface area contributed by atoms with E-state index in [0.717, 1.165) is 12.1 Å². The summed E-state index contributed by atoms with van der Waals surface area (Å²) in [5, 5.41) is -0.0531. The SMILES string of the molecule is CCC(=O)c1c(F)cc(Cl)cc1F. The molecular weight excluding hydrogens is 198 g/mol. The molecule has 0 radical (unpaired) electrons. The summed E-state index contributed by atoms with van der Waals surface area (Å²) in [7, 11) is 0. The lowest BCUT2D eigenvalue weighted by Gasteiger charge is -2.02. The highest BCUT2D eigenvalue weighted by molar-refractivity contribution is 6.30. The van der Waals surface area contributed by atoms with Crippen molar-refractivity contribution in [2.24, 2.45) is 0 Å². The summed E-state index contributed by atoms with van der Waals surface area (Å²) in [5.74, 6) is -2.37. The Morgan fingerprint density at radius 2 is 1.85 bits per heavy atom. The van der Waals surface area contributed by atoms with Crippen LogP contribution in [0.2, 0.25) is 5.02 Å². The van der Waals surface area contributed by atoms with Crippen molar-refractivity contribution in [3.8, 4) is 0 Å². The van der Waals surface area contributed by atoms with E-state index in [9.17, 15) is 13.6 Å². The number of ketones is 1. The van der Waals surface area contributed by atoms with Gasteiger partial charge in [-0.15, -0.1) is 0 Å². The van der Waals surface area contributed by atoms with E-state index in [2.05, 4.69) is 0 Å². The molecule has 70 valence electrons. The highest BCUT2D eigenvalue weighted by Crippen LogP contribution is 2.19. The maximum atomic E-state index is 13.0. The Morgan fingerprint density at radius 3 is 2.23 bits per heavy atom. The maximum Gasteiger partial charge on any atom is 0.168 e. The zero-order chi connectivity index (χ0) is 10.0. The van der Waals surface area contributed by atoms with Gasteiger partial charge in [0.2, 0.25) is 0 Å². The molecule has 1 nitrogen and oxygen atoms in total. The van der Waals surface area contributed by atoms with Gasteiger partial charge in [0.15, 0.2) is 5.78 Å². The summed E-state index contributed by atoms with van der Waals surface area (Å²) in [6.45, 7) is 1.54. The van der Waals surface area contributed by atoms with Crippen LogP contribution in [0.15, 0.2) is 12.1 Å². The number of carbonyl (C=O) groups is 1. The third-order valence-corrected chi connectivity index (χ3v) is 1.83. The van der Waals surface area contributed by atoms with Gasteiger partial charge in [-0.05, 0) is 12.1 Å². The number of benzene rings is 1. The van der Waals surface area contributed by atoms with Gasteiger partial charge in [0, 0.05) is 11.4 Å². The number of halogens is 3. The van der Waals surface area contributed by atoms with Crippen LogP contribution in [0.1, 0.15) is 23.7 Å². The molecule has 0 aliphatic rings. The van der Waals surface area contributed by atoms with Gasteiger partial charge in [-0.3, -0.25) is 4.79 Å². The van der Waals surface area contributed by atoms with Crippen molar-refractivity contribution in [2.75, 3.05) is 0 Å². The van der Waals surface area contributed by atoms with Gasteiger partial charge in [-0.1, -0.05) is 18.5 Å². The Hall–Kier alpha value is -0.960. The standard InChI is InChI=1S/C9H7ClF2O/c1-2-8(13)9-6(11)3-5(10)4-7(9)12/h3-4H,2H2,1H3. The van der Waals surface area contributed by atoms with Gasteiger partial charge in [-0.25, -0.2) is 8.78 Å². The van der Waals surface area contributed by atoms with Gasteiger partial charge in [-0.2, -0.15) is 0 Å². The van der Waals surface area contributed by atoms with E-state index in [0.29, 0.717) is 0 Å². The smallest absolute Gasteiger partial charge is 0.168 e. The van der Waals surface area contributed by atoms with Gasteiger partial charge in [0.25, 0.3) is 0 Å². The monoisotopic (exact) mass is 204 g/mol. The van der Waals surface area contributed by atoms with Crippen LogP contribution < -0.4 is 0 Å². The van der Waals surface area contributed by atoms with Gasteiger partial charge >= 0.3 is 0 Å². The molecule has 0 atom stereocenters. The number of hydrogen-bond acceptors (Lipinski definition) is 1. The van der Waals surface area contributed by atoms with Crippen LogP contribution in [-0.4, -0.2) is 5.78 Å². The first-order valence-electron chi connectivity index (χ1n) is 3.74. The van der Waals surface area contributed by atoms with Crippen molar-refractivity contribution in [3.63, 3.8) is 0 Å². The van der Waals surface area contributed by atoms with Crippen LogP contribution in [0, 0.1) is 11.6 Å². The summed E-state index contributed by atoms with van der Waals surface area (Å²) >= 11 is 5.38. The van der Waals surface area contributed by atoms with Crippen LogP contribution in [0.4, 0.5) is 8.78 Å². The number of carbonyl (C=O) groups excluding carboxylic acids is 1. The predicted octanol–water partition coefficient (Wildman–Crippen LogP) is 3.21. The molecule has 0 aliphatic carbocycles. The molecular formula is C9H7ClF2O. The number of Topliss-reactive ketones (excluding diaryl/α,β-unsaturated/α-hetero) is 1. The van der Waals surface area contributed by atoms with Crippen molar-refractivity contribution >= 4 is 17.4 Å². The van der Waals surface area contributed by atoms with Crippen molar-refractivity contribution in [1.29, 1.82) is 0 Å². The van der Waals surface area contributed by atoms with E-state index in [4.69, 9.17) is 11.6 Å². The van der Waals surface area contributed by atoms with Crippen LogP contribution in [0.3, 0.4) is 0 Å². The van der Waals surface area contributed by atoms with Crippen LogP contribution in [-0.2, 0) is 0 Å². The Bertz CT molecular complexity index is 326. The predicted molar refractivity (Wildman–Crippen MR) is 46.0 cm³/mol. The Labute approximate surface area is 79.3 Å². The molecule has 0 unspecified atom stereocenters. The second-order valence-corrected chi connectivity index (χ2v) is 2.96. The van der Waals surface area contributed by atoms with Crippen molar-refractivity contribution in [2.45, 2.75) is 13.3 Å². The molecule has 0 aromatic heterocycles. The first kappa shape index (κ1) is 10.1. The molecule has 1 aromatic carbocycles. The Kier molecular flexibility index (Phi) is 2.98. The average molecular weight is 205 g/mol. The zero-order valence-corrected chi connectivity index (χ0v) is 7.66. The van der Waals surface area contributed by atoms with E-state index < -0.39 is 23.0 Å². The third kappa shape index (κ3) is 2.04. The molecule has 0 saturated carbocycles. The molecule has 0 amide bonds. The van der Waals surface area contributed by atoms with Crippen LogP contribution >= 0.6 is 11.6 Å². The lowest BCUT2D eigenvalue weighted by molar-refractivity contribution is 0.0980. The molecule has 0 fully saturated rings. The van der Waals surface area contributed by atoms with Gasteiger partial charge in [0.05, 0.1) is 5.56 Å². The fraction of sp³-hybridized carbons (Fsp3) is 0.222. The molecule has 0 spiro atoms. The highest BCUT2D eigenvalue weighted by Gasteiger charge is 2.16. The lowest BCUT2D eigenvalue weighted by Crippen LogP contribution is -2.04. The van der Waals surface area contributed by atoms with Crippen LogP contribution in [0.25, 0.3) is 0 Å². The summed E-state index contributed by atoms with van der Waals surface area (Å²) in [5.41, 5.74) is -0.507. The van der Waals surface area contributed by atoms with E-state index in [1.165, 1.54) is 6.92 Å². The molecule has 4 heteroatoms. The molecule has 1 aromatic rings. The molecule has 1 rings (SSSR count). The van der Waals surface area contributed by atoms with E-state index >= 15 is 0 Å². The summed E-state index contributed by atoms with van der Waals surface area (Å²) in [6.07, 6.45) is 0.0650. The first-order valence-corrected chi connectivity index (χ1v) is 4.11. The maximum absolute atomic E-state index is 13.0. The molecule has 0 heterocycles. The van der Waals surface area contributed by atoms with Gasteiger partial charge < -0.3 is 0 Å². The van der Waals surface area contributed by atoms with Crippen molar-refractivity contribution in [1.82, 2.24) is 0 Å². The van der Waals surface area contributed by atoms with Gasteiger partial charge in [0.1, 0.15) is 11.6 Å². The largest absolute Gasteiger partial charge is 0.294 e. The molecule has 0 N–H and O–H groups in total. The lowest BCUT2D eigenvalue weighted by atomic mass is 10.1. The number of hydrogen-bond donors (Lipinski definition) is 0. The molecule has 13 heavy (non-hydrogen) atoms. The average Bonchev–Trinajstić information content (AvgIpc) is 2.02. The van der Waals surface area contributed by atoms with Crippen LogP contribution in [0.5, 0.6) is 0 Å². The quantitative estimate of drug-likeness (QED) is 0.676. The third-order valence-electron chi connectivity index (χ3n) is 1.61. The molecule has 0 saturated heterocycles. The minimum atomic E-state index is -0.906. The number of rotatable bonds is 2. The zero-order valence-electron chi connectivity index (χ0n) is 6.90. The normalized spacial score (nSPS) is 10.2. The molecule has 0 aliphatic heterocycles.